The number of nitrogens with zero attached hydrogens (tertiary/aromatic N) is 1. The van der Waals surface area contributed by atoms with Gasteiger partial charge in [-0.05, 0) is 24.5 Å². The van der Waals surface area contributed by atoms with Gasteiger partial charge >= 0.3 is 5.97 Å². The van der Waals surface area contributed by atoms with E-state index in [0.29, 0.717) is 18.5 Å². The molecule has 1 aromatic heterocycles. The summed E-state index contributed by atoms with van der Waals surface area (Å²) >= 11 is 0. The van der Waals surface area contributed by atoms with E-state index in [1.54, 1.807) is 12.1 Å². The smallest absolute Gasteiger partial charge is 0.326 e. The summed E-state index contributed by atoms with van der Waals surface area (Å²) < 4.78 is 5.52. The van der Waals surface area contributed by atoms with Crippen molar-refractivity contribution in [3.05, 3.63) is 36.1 Å². The Morgan fingerprint density at radius 2 is 2.10 bits per heavy atom. The highest BCUT2D eigenvalue weighted by atomic mass is 16.4. The monoisotopic (exact) mass is 273 g/mol. The first-order chi connectivity index (χ1) is 9.58. The Bertz CT molecular complexity index is 642. The van der Waals surface area contributed by atoms with Gasteiger partial charge in [0.25, 0.3) is 5.91 Å². The van der Waals surface area contributed by atoms with Gasteiger partial charge in [0.05, 0.1) is 0 Å². The molecule has 0 radical (unpaired) electrons. The molecule has 1 N–H and O–H groups in total. The lowest BCUT2D eigenvalue weighted by molar-refractivity contribution is -0.142. The SMILES string of the molecule is CC1CCN(C(=O)c2cc3ccccc3o2)C1C(=O)O. The van der Waals surface area contributed by atoms with Crippen molar-refractivity contribution >= 4 is 22.8 Å². The number of carboxylic acid groups (broad SMARTS) is 1. The lowest BCUT2D eigenvalue weighted by Gasteiger charge is -2.22. The molecule has 2 atom stereocenters. The number of aliphatic carboxylic acids is 1. The van der Waals surface area contributed by atoms with Crippen LogP contribution < -0.4 is 0 Å². The van der Waals surface area contributed by atoms with E-state index in [1.165, 1.54) is 4.90 Å². The number of hydrogen-bond acceptors (Lipinski definition) is 3. The molecule has 1 saturated heterocycles. The largest absolute Gasteiger partial charge is 0.480 e. The summed E-state index contributed by atoms with van der Waals surface area (Å²) in [5.74, 6) is -1.15. The number of carbonyl (C=O) groups excluding carboxylic acids is 1. The van der Waals surface area contributed by atoms with Gasteiger partial charge in [0.1, 0.15) is 11.6 Å². The van der Waals surface area contributed by atoms with Crippen molar-refractivity contribution in [2.45, 2.75) is 19.4 Å². The summed E-state index contributed by atoms with van der Waals surface area (Å²) in [6, 6.07) is 8.24. The molecule has 5 nitrogen and oxygen atoms in total. The van der Waals surface area contributed by atoms with Crippen LogP contribution in [0.3, 0.4) is 0 Å². The first-order valence-electron chi connectivity index (χ1n) is 6.60. The van der Waals surface area contributed by atoms with Crippen LogP contribution in [-0.4, -0.2) is 34.5 Å². The molecule has 104 valence electrons. The van der Waals surface area contributed by atoms with Crippen molar-refractivity contribution < 1.29 is 19.1 Å². The third-order valence-electron chi connectivity index (χ3n) is 3.85. The van der Waals surface area contributed by atoms with Crippen molar-refractivity contribution in [3.8, 4) is 0 Å². The zero-order valence-electron chi connectivity index (χ0n) is 11.1. The highest BCUT2D eigenvalue weighted by molar-refractivity contribution is 5.98. The second kappa shape index (κ2) is 4.67. The number of rotatable bonds is 2. The predicted octanol–water partition coefficient (Wildman–Crippen LogP) is 2.37. The van der Waals surface area contributed by atoms with Gasteiger partial charge < -0.3 is 14.4 Å². The van der Waals surface area contributed by atoms with Gasteiger partial charge in [-0.15, -0.1) is 0 Å². The average molecular weight is 273 g/mol. The van der Waals surface area contributed by atoms with Crippen LogP contribution in [0.5, 0.6) is 0 Å². The Balaban J connectivity index is 1.93. The van der Waals surface area contributed by atoms with Crippen molar-refractivity contribution in [2.24, 2.45) is 5.92 Å². The number of fused-ring (bicyclic) bond motifs is 1. The predicted molar refractivity (Wildman–Crippen MR) is 72.5 cm³/mol. The Labute approximate surface area is 115 Å². The minimum atomic E-state index is -0.959. The van der Waals surface area contributed by atoms with E-state index in [4.69, 9.17) is 4.42 Å². The fourth-order valence-corrected chi connectivity index (χ4v) is 2.78. The normalized spacial score (nSPS) is 22.4. The van der Waals surface area contributed by atoms with Crippen molar-refractivity contribution in [2.75, 3.05) is 6.54 Å². The number of hydrogen-bond donors (Lipinski definition) is 1. The summed E-state index contributed by atoms with van der Waals surface area (Å²) in [6.45, 7) is 2.30. The molecule has 2 aromatic rings. The molecule has 0 bridgehead atoms. The van der Waals surface area contributed by atoms with E-state index in [0.717, 1.165) is 5.39 Å². The van der Waals surface area contributed by atoms with Crippen LogP contribution in [0.2, 0.25) is 0 Å². The van der Waals surface area contributed by atoms with Gasteiger partial charge in [0.15, 0.2) is 5.76 Å². The maximum Gasteiger partial charge on any atom is 0.326 e. The second-order valence-corrected chi connectivity index (χ2v) is 5.20. The number of furan rings is 1. The Kier molecular flexibility index (Phi) is 2.97. The third kappa shape index (κ3) is 1.95. The quantitative estimate of drug-likeness (QED) is 0.911. The average Bonchev–Trinajstić information content (AvgIpc) is 3.00. The first-order valence-corrected chi connectivity index (χ1v) is 6.60. The molecule has 2 heterocycles. The van der Waals surface area contributed by atoms with Crippen LogP contribution >= 0.6 is 0 Å². The molecule has 0 saturated carbocycles. The Morgan fingerprint density at radius 1 is 1.35 bits per heavy atom. The van der Waals surface area contributed by atoms with Crippen LogP contribution in [0.15, 0.2) is 34.7 Å². The number of carboxylic acids is 1. The fourth-order valence-electron chi connectivity index (χ4n) is 2.78. The number of para-hydroxylation sites is 1. The molecule has 3 rings (SSSR count). The topological polar surface area (TPSA) is 70.8 Å². The summed E-state index contributed by atoms with van der Waals surface area (Å²) in [4.78, 5) is 25.1. The minimum Gasteiger partial charge on any atom is -0.480 e. The maximum absolute atomic E-state index is 12.4. The van der Waals surface area contributed by atoms with Gasteiger partial charge in [-0.1, -0.05) is 25.1 Å². The van der Waals surface area contributed by atoms with Crippen LogP contribution in [0.4, 0.5) is 0 Å². The van der Waals surface area contributed by atoms with E-state index in [-0.39, 0.29) is 17.6 Å². The fraction of sp³-hybridized carbons (Fsp3) is 0.333. The maximum atomic E-state index is 12.4. The molecule has 0 aliphatic carbocycles. The van der Waals surface area contributed by atoms with E-state index in [1.807, 2.05) is 25.1 Å². The first kappa shape index (κ1) is 12.7. The molecule has 1 amide bonds. The molecular weight excluding hydrogens is 258 g/mol. The van der Waals surface area contributed by atoms with Crippen LogP contribution in [0, 0.1) is 5.92 Å². The van der Waals surface area contributed by atoms with Crippen LogP contribution in [0.25, 0.3) is 11.0 Å². The van der Waals surface area contributed by atoms with E-state index in [9.17, 15) is 14.7 Å². The number of amides is 1. The van der Waals surface area contributed by atoms with Gasteiger partial charge in [-0.25, -0.2) is 4.79 Å². The molecular formula is C15H15NO4. The minimum absolute atomic E-state index is 0.0409. The molecule has 20 heavy (non-hydrogen) atoms. The molecule has 1 aliphatic rings. The molecule has 1 aromatic carbocycles. The standard InChI is InChI=1S/C15H15NO4/c1-9-6-7-16(13(9)15(18)19)14(17)12-8-10-4-2-3-5-11(10)20-12/h2-5,8-9,13H,6-7H2,1H3,(H,18,19). The van der Waals surface area contributed by atoms with Gasteiger partial charge in [0.2, 0.25) is 0 Å². The zero-order valence-corrected chi connectivity index (χ0v) is 11.1. The molecule has 1 aliphatic heterocycles. The van der Waals surface area contributed by atoms with E-state index < -0.39 is 12.0 Å². The summed E-state index contributed by atoms with van der Waals surface area (Å²) in [5, 5.41) is 10.1. The van der Waals surface area contributed by atoms with Crippen LogP contribution in [0.1, 0.15) is 23.9 Å². The number of likely N-dealkylation sites (tertiary alicyclic amines) is 1. The highest BCUT2D eigenvalue weighted by Crippen LogP contribution is 2.27. The van der Waals surface area contributed by atoms with E-state index in [2.05, 4.69) is 0 Å². The van der Waals surface area contributed by atoms with Gasteiger partial charge in [-0.2, -0.15) is 0 Å². The van der Waals surface area contributed by atoms with Crippen molar-refractivity contribution in [3.63, 3.8) is 0 Å². The lowest BCUT2D eigenvalue weighted by atomic mass is 10.0. The number of carbonyl (C=O) groups is 2. The van der Waals surface area contributed by atoms with E-state index >= 15 is 0 Å². The summed E-state index contributed by atoms with van der Waals surface area (Å²) in [6.07, 6.45) is 0.697. The Morgan fingerprint density at radius 3 is 2.80 bits per heavy atom. The third-order valence-corrected chi connectivity index (χ3v) is 3.85. The molecule has 5 heteroatoms. The van der Waals surface area contributed by atoms with Gasteiger partial charge in [-0.3, -0.25) is 4.79 Å². The summed E-state index contributed by atoms with van der Waals surface area (Å²) in [5.41, 5.74) is 0.634. The Hall–Kier alpha value is -2.30. The lowest BCUT2D eigenvalue weighted by Crippen LogP contribution is -2.42. The second-order valence-electron chi connectivity index (χ2n) is 5.20. The van der Waals surface area contributed by atoms with Gasteiger partial charge in [0, 0.05) is 11.9 Å². The summed E-state index contributed by atoms with van der Waals surface area (Å²) in [7, 11) is 0. The molecule has 2 unspecified atom stereocenters. The van der Waals surface area contributed by atoms with Crippen LogP contribution in [-0.2, 0) is 4.79 Å². The highest BCUT2D eigenvalue weighted by Gasteiger charge is 2.40. The number of benzene rings is 1. The van der Waals surface area contributed by atoms with Crippen molar-refractivity contribution in [1.29, 1.82) is 0 Å². The van der Waals surface area contributed by atoms with Crippen molar-refractivity contribution in [1.82, 2.24) is 4.90 Å². The molecule has 1 fully saturated rings. The molecule has 0 spiro atoms. The zero-order chi connectivity index (χ0) is 14.3.